The quantitative estimate of drug-likeness (QED) is 0.178. The summed E-state index contributed by atoms with van der Waals surface area (Å²) in [4.78, 5) is 39.3. The first-order valence-electron chi connectivity index (χ1n) is 17.6. The molecule has 0 aromatic heterocycles. The smallest absolute Gasteiger partial charge is 0.337 e. The topological polar surface area (TPSA) is 100 Å². The van der Waals surface area contributed by atoms with E-state index in [1.54, 1.807) is 65.6 Å². The maximum atomic E-state index is 13.7. The van der Waals surface area contributed by atoms with E-state index in [0.717, 1.165) is 36.1 Å². The van der Waals surface area contributed by atoms with Gasteiger partial charge in [-0.2, -0.15) is 0 Å². The van der Waals surface area contributed by atoms with Gasteiger partial charge in [0, 0.05) is 31.0 Å². The van der Waals surface area contributed by atoms with Crippen molar-refractivity contribution in [2.45, 2.75) is 51.6 Å². The second-order valence-electron chi connectivity index (χ2n) is 12.4. The van der Waals surface area contributed by atoms with E-state index in [2.05, 4.69) is 15.4 Å². The van der Waals surface area contributed by atoms with E-state index in [1.165, 1.54) is 70.8 Å². The van der Waals surface area contributed by atoms with Crippen molar-refractivity contribution in [1.82, 2.24) is 10.2 Å². The first-order valence-corrected chi connectivity index (χ1v) is 17.6. The van der Waals surface area contributed by atoms with Gasteiger partial charge in [0.25, 0.3) is 0 Å². The molecule has 2 fully saturated rings. The Morgan fingerprint density at radius 2 is 1.23 bits per heavy atom. The number of benzene rings is 4. The van der Waals surface area contributed by atoms with Crippen molar-refractivity contribution in [3.63, 3.8) is 0 Å². The van der Waals surface area contributed by atoms with Crippen molar-refractivity contribution in [2.75, 3.05) is 50.6 Å². The number of anilines is 2. The molecule has 4 aromatic rings. The van der Waals surface area contributed by atoms with Crippen molar-refractivity contribution in [2.24, 2.45) is 0 Å². The highest BCUT2D eigenvalue weighted by atomic mass is 19.1. The van der Waals surface area contributed by atoms with E-state index >= 15 is 0 Å². The molecule has 2 saturated heterocycles. The number of ether oxygens (including phenoxy) is 2. The van der Waals surface area contributed by atoms with Crippen LogP contribution in [0.15, 0.2) is 97.1 Å². The van der Waals surface area contributed by atoms with Gasteiger partial charge in [-0.05, 0) is 117 Å². The summed E-state index contributed by atoms with van der Waals surface area (Å²) < 4.78 is 36.1. The van der Waals surface area contributed by atoms with Crippen molar-refractivity contribution in [3.8, 4) is 0 Å². The summed E-state index contributed by atoms with van der Waals surface area (Å²) in [6.07, 6.45) is 7.30. The van der Waals surface area contributed by atoms with Crippen LogP contribution >= 0.6 is 0 Å². The average molecular weight is 715 g/mol. The molecule has 0 atom stereocenters. The molecule has 52 heavy (non-hydrogen) atoms. The van der Waals surface area contributed by atoms with Gasteiger partial charge in [-0.1, -0.05) is 42.8 Å². The van der Waals surface area contributed by atoms with E-state index in [-0.39, 0.29) is 23.6 Å². The van der Waals surface area contributed by atoms with Crippen molar-refractivity contribution >= 4 is 29.3 Å². The Labute approximate surface area is 304 Å². The molecule has 0 aliphatic carbocycles. The number of rotatable bonds is 8. The number of amides is 2. The standard InChI is InChI=1S/C21H23FN2O3.C15H14FNO2.C5H11N/c1-27-20(25)17-10-8-16(9-11-17)15-24(19-7-5-6-18(22)14-19)21(26)23-12-3-2-4-13-23;1-19-15(18)12-7-5-11(6-8-12)10-17-14-4-2-3-13(16)9-14;1-2-4-6-5-3-1/h5-11,14H,2-4,12-13,15H2,1H3;2-9,17H,10H2,1H3;6H,1-5H2. The molecule has 0 radical (unpaired) electrons. The van der Waals surface area contributed by atoms with Crippen molar-refractivity contribution in [1.29, 1.82) is 0 Å². The highest BCUT2D eigenvalue weighted by Crippen LogP contribution is 2.23. The van der Waals surface area contributed by atoms with Crippen LogP contribution in [-0.4, -0.2) is 63.3 Å². The van der Waals surface area contributed by atoms with Crippen LogP contribution in [0.1, 0.15) is 70.4 Å². The summed E-state index contributed by atoms with van der Waals surface area (Å²) in [5, 5.41) is 6.39. The molecule has 0 spiro atoms. The average Bonchev–Trinajstić information content (AvgIpc) is 3.20. The minimum absolute atomic E-state index is 0.127. The molecule has 4 aromatic carbocycles. The van der Waals surface area contributed by atoms with Gasteiger partial charge in [0.2, 0.25) is 0 Å². The lowest BCUT2D eigenvalue weighted by Gasteiger charge is -2.33. The minimum Gasteiger partial charge on any atom is -0.465 e. The summed E-state index contributed by atoms with van der Waals surface area (Å²) >= 11 is 0. The number of carbonyl (C=O) groups is 3. The van der Waals surface area contributed by atoms with E-state index in [0.29, 0.717) is 43.0 Å². The fourth-order valence-electron chi connectivity index (χ4n) is 5.70. The van der Waals surface area contributed by atoms with Crippen LogP contribution in [0.2, 0.25) is 0 Å². The first-order chi connectivity index (χ1) is 25.3. The lowest BCUT2D eigenvalue weighted by Crippen LogP contribution is -2.45. The Morgan fingerprint density at radius 3 is 1.73 bits per heavy atom. The Balaban J connectivity index is 0.000000209. The minimum atomic E-state index is -0.409. The summed E-state index contributed by atoms with van der Waals surface area (Å²) in [5.41, 5.74) is 4.03. The molecule has 0 bridgehead atoms. The fraction of sp³-hybridized carbons (Fsp3) is 0.341. The number of esters is 2. The van der Waals surface area contributed by atoms with Gasteiger partial charge in [0.15, 0.2) is 0 Å². The molecule has 2 aliphatic rings. The number of nitrogens with zero attached hydrogens (tertiary/aromatic N) is 2. The second-order valence-corrected chi connectivity index (χ2v) is 12.4. The fourth-order valence-corrected chi connectivity index (χ4v) is 5.70. The molecule has 0 saturated carbocycles. The Hall–Kier alpha value is -5.29. The van der Waals surface area contributed by atoms with Crippen molar-refractivity contribution < 1.29 is 32.6 Å². The second kappa shape index (κ2) is 21.2. The third-order valence-electron chi connectivity index (χ3n) is 8.60. The van der Waals surface area contributed by atoms with Crippen LogP contribution in [-0.2, 0) is 22.6 Å². The molecular weight excluding hydrogens is 666 g/mol. The predicted octanol–water partition coefficient (Wildman–Crippen LogP) is 8.21. The van der Waals surface area contributed by atoms with Crippen LogP contribution in [0.5, 0.6) is 0 Å². The first kappa shape index (κ1) is 39.5. The van der Waals surface area contributed by atoms with Gasteiger partial charge in [-0.25, -0.2) is 23.2 Å². The molecule has 0 unspecified atom stereocenters. The lowest BCUT2D eigenvalue weighted by molar-refractivity contribution is 0.0592. The molecule has 6 rings (SSSR count). The van der Waals surface area contributed by atoms with Crippen LogP contribution in [0.3, 0.4) is 0 Å². The number of hydrogen-bond donors (Lipinski definition) is 2. The lowest BCUT2D eigenvalue weighted by atomic mass is 10.1. The normalized spacial score (nSPS) is 13.7. The number of methoxy groups -OCH3 is 2. The number of carbonyl (C=O) groups excluding carboxylic acids is 3. The third kappa shape index (κ3) is 12.8. The van der Waals surface area contributed by atoms with Gasteiger partial charge >= 0.3 is 18.0 Å². The van der Waals surface area contributed by atoms with Gasteiger partial charge in [-0.15, -0.1) is 0 Å². The molecule has 11 heteroatoms. The zero-order valence-corrected chi connectivity index (χ0v) is 29.9. The zero-order valence-electron chi connectivity index (χ0n) is 29.9. The van der Waals surface area contributed by atoms with Crippen LogP contribution < -0.4 is 15.5 Å². The van der Waals surface area contributed by atoms with Crippen LogP contribution in [0.4, 0.5) is 25.0 Å². The Kier molecular flexibility index (Phi) is 16.1. The number of urea groups is 1. The van der Waals surface area contributed by atoms with Crippen molar-refractivity contribution in [3.05, 3.63) is 131 Å². The number of hydrogen-bond acceptors (Lipinski definition) is 7. The highest BCUT2D eigenvalue weighted by Gasteiger charge is 2.24. The zero-order chi connectivity index (χ0) is 37.1. The van der Waals surface area contributed by atoms with Crippen LogP contribution in [0.25, 0.3) is 0 Å². The highest BCUT2D eigenvalue weighted by molar-refractivity contribution is 5.92. The van der Waals surface area contributed by atoms with Crippen LogP contribution in [0, 0.1) is 11.6 Å². The van der Waals surface area contributed by atoms with E-state index in [9.17, 15) is 23.2 Å². The number of piperidine rings is 2. The van der Waals surface area contributed by atoms with E-state index < -0.39 is 5.97 Å². The SMILES string of the molecule is C1CCNCC1.COC(=O)c1ccc(CN(C(=O)N2CCCCC2)c2cccc(F)c2)cc1.COC(=O)c1ccc(CNc2cccc(F)c2)cc1. The summed E-state index contributed by atoms with van der Waals surface area (Å²) in [6.45, 7) is 4.78. The molecule has 2 aliphatic heterocycles. The molecular formula is C41H48F2N4O5. The van der Waals surface area contributed by atoms with Gasteiger partial charge in [0.1, 0.15) is 11.6 Å². The maximum absolute atomic E-state index is 13.7. The maximum Gasteiger partial charge on any atom is 0.337 e. The number of halogens is 2. The molecule has 276 valence electrons. The largest absolute Gasteiger partial charge is 0.465 e. The van der Waals surface area contributed by atoms with E-state index in [4.69, 9.17) is 4.74 Å². The summed E-state index contributed by atoms with van der Waals surface area (Å²) in [6, 6.07) is 26.2. The van der Waals surface area contributed by atoms with Gasteiger partial charge < -0.3 is 25.0 Å². The van der Waals surface area contributed by atoms with Gasteiger partial charge in [-0.3, -0.25) is 4.90 Å². The number of likely N-dealkylation sites (tertiary alicyclic amines) is 1. The van der Waals surface area contributed by atoms with E-state index in [1.807, 2.05) is 17.0 Å². The summed E-state index contributed by atoms with van der Waals surface area (Å²) in [7, 11) is 2.68. The number of nitrogens with one attached hydrogen (secondary N) is 2. The Bertz CT molecular complexity index is 1700. The van der Waals surface area contributed by atoms with Gasteiger partial charge in [0.05, 0.1) is 31.9 Å². The molecule has 2 amide bonds. The predicted molar refractivity (Wildman–Crippen MR) is 199 cm³/mol. The molecule has 9 nitrogen and oxygen atoms in total. The Morgan fingerprint density at radius 1 is 0.692 bits per heavy atom. The molecule has 2 N–H and O–H groups in total. The monoisotopic (exact) mass is 714 g/mol. The molecule has 2 heterocycles. The summed E-state index contributed by atoms with van der Waals surface area (Å²) in [5.74, 6) is -1.42. The third-order valence-corrected chi connectivity index (χ3v) is 8.60.